The molecule has 0 aromatic carbocycles. The van der Waals surface area contributed by atoms with Crippen LogP contribution in [0.5, 0.6) is 5.88 Å². The number of ether oxygens (including phenoxy) is 1. The van der Waals surface area contributed by atoms with Gasteiger partial charge in [0.25, 0.3) is 5.91 Å². The number of aromatic nitrogens is 2. The molecule has 0 bridgehead atoms. The number of hydrogen-bond acceptors (Lipinski definition) is 5. The largest absolute Gasteiger partial charge is 0.481 e. The summed E-state index contributed by atoms with van der Waals surface area (Å²) < 4.78 is 4.98. The Balaban J connectivity index is 2.01. The van der Waals surface area contributed by atoms with Gasteiger partial charge in [0.1, 0.15) is 0 Å². The summed E-state index contributed by atoms with van der Waals surface area (Å²) in [6.07, 6.45) is 4.87. The molecule has 2 N–H and O–H groups in total. The highest BCUT2D eigenvalue weighted by molar-refractivity contribution is 5.99. The summed E-state index contributed by atoms with van der Waals surface area (Å²) >= 11 is 0. The molecule has 6 nitrogen and oxygen atoms in total. The molecular formula is C14H16N4O2. The maximum absolute atomic E-state index is 12.1. The van der Waals surface area contributed by atoms with Gasteiger partial charge < -0.3 is 15.4 Å². The Kier molecular flexibility index (Phi) is 4.49. The topological polar surface area (TPSA) is 76.1 Å². The lowest BCUT2D eigenvalue weighted by Gasteiger charge is -2.09. The number of nitrogens with zero attached hydrogens (tertiary/aromatic N) is 2. The summed E-state index contributed by atoms with van der Waals surface area (Å²) in [6.45, 7) is 0.404. The number of carbonyl (C=O) groups excluding carboxylic acids is 1. The Morgan fingerprint density at radius 3 is 2.80 bits per heavy atom. The first-order chi connectivity index (χ1) is 9.74. The van der Waals surface area contributed by atoms with E-state index in [2.05, 4.69) is 20.6 Å². The molecule has 0 atom stereocenters. The number of rotatable bonds is 5. The van der Waals surface area contributed by atoms with Crippen LogP contribution >= 0.6 is 0 Å². The third-order valence-corrected chi connectivity index (χ3v) is 2.79. The molecule has 0 saturated carbocycles. The van der Waals surface area contributed by atoms with Crippen LogP contribution in [-0.2, 0) is 6.54 Å². The fourth-order valence-corrected chi connectivity index (χ4v) is 1.71. The molecule has 6 heteroatoms. The minimum Gasteiger partial charge on any atom is -0.481 e. The fraction of sp³-hybridized carbons (Fsp3) is 0.214. The van der Waals surface area contributed by atoms with Crippen molar-refractivity contribution >= 4 is 11.6 Å². The van der Waals surface area contributed by atoms with E-state index >= 15 is 0 Å². The minimum atomic E-state index is -0.160. The Hall–Kier alpha value is -2.63. The fourth-order valence-electron chi connectivity index (χ4n) is 1.71. The van der Waals surface area contributed by atoms with E-state index in [4.69, 9.17) is 4.74 Å². The van der Waals surface area contributed by atoms with Gasteiger partial charge in [0, 0.05) is 32.1 Å². The van der Waals surface area contributed by atoms with Crippen molar-refractivity contribution in [1.82, 2.24) is 15.3 Å². The van der Waals surface area contributed by atoms with Crippen LogP contribution in [-0.4, -0.2) is 30.0 Å². The maximum Gasteiger partial charge on any atom is 0.253 e. The molecule has 0 radical (unpaired) electrons. The molecule has 0 aliphatic heterocycles. The molecule has 0 spiro atoms. The second-order valence-corrected chi connectivity index (χ2v) is 4.06. The first-order valence-corrected chi connectivity index (χ1v) is 6.13. The summed E-state index contributed by atoms with van der Waals surface area (Å²) in [6, 6.07) is 5.29. The minimum absolute atomic E-state index is 0.160. The molecule has 2 aromatic rings. The number of anilines is 1. The number of nitrogens with one attached hydrogen (secondary N) is 2. The lowest BCUT2D eigenvalue weighted by molar-refractivity contribution is 0.0951. The number of pyridine rings is 2. The molecule has 2 heterocycles. The van der Waals surface area contributed by atoms with Crippen LogP contribution in [0.25, 0.3) is 0 Å². The van der Waals surface area contributed by atoms with Crippen molar-refractivity contribution in [3.05, 3.63) is 47.9 Å². The van der Waals surface area contributed by atoms with Crippen molar-refractivity contribution in [1.29, 1.82) is 0 Å². The first kappa shape index (κ1) is 13.8. The molecule has 0 unspecified atom stereocenters. The summed E-state index contributed by atoms with van der Waals surface area (Å²) in [5.41, 5.74) is 2.15. The molecular weight excluding hydrogens is 256 g/mol. The molecule has 0 aliphatic carbocycles. The summed E-state index contributed by atoms with van der Waals surface area (Å²) in [4.78, 5) is 20.2. The molecule has 20 heavy (non-hydrogen) atoms. The van der Waals surface area contributed by atoms with Gasteiger partial charge in [-0.15, -0.1) is 0 Å². The van der Waals surface area contributed by atoms with Gasteiger partial charge in [0.15, 0.2) is 0 Å². The van der Waals surface area contributed by atoms with Gasteiger partial charge in [-0.05, 0) is 11.6 Å². The van der Waals surface area contributed by atoms with Crippen LogP contribution in [0.4, 0.5) is 5.69 Å². The van der Waals surface area contributed by atoms with E-state index in [1.807, 2.05) is 6.07 Å². The van der Waals surface area contributed by atoms with Crippen LogP contribution in [0.15, 0.2) is 36.8 Å². The average molecular weight is 272 g/mol. The second-order valence-electron chi connectivity index (χ2n) is 4.06. The zero-order valence-electron chi connectivity index (χ0n) is 11.4. The van der Waals surface area contributed by atoms with Gasteiger partial charge in [0.2, 0.25) is 5.88 Å². The average Bonchev–Trinajstić information content (AvgIpc) is 2.53. The molecule has 0 saturated heterocycles. The first-order valence-electron chi connectivity index (χ1n) is 6.13. The predicted molar refractivity (Wildman–Crippen MR) is 75.7 cm³/mol. The number of carbonyl (C=O) groups is 1. The van der Waals surface area contributed by atoms with Gasteiger partial charge in [0.05, 0.1) is 24.6 Å². The highest BCUT2D eigenvalue weighted by Gasteiger charge is 2.10. The Labute approximate surface area is 117 Å². The van der Waals surface area contributed by atoms with Crippen LogP contribution in [0.2, 0.25) is 0 Å². The van der Waals surface area contributed by atoms with E-state index in [1.165, 1.54) is 0 Å². The van der Waals surface area contributed by atoms with Gasteiger partial charge in [-0.1, -0.05) is 6.07 Å². The lowest BCUT2D eigenvalue weighted by Crippen LogP contribution is -2.23. The Bertz CT molecular complexity index is 584. The van der Waals surface area contributed by atoms with Crippen molar-refractivity contribution in [2.24, 2.45) is 0 Å². The van der Waals surface area contributed by atoms with E-state index in [-0.39, 0.29) is 5.91 Å². The van der Waals surface area contributed by atoms with E-state index in [0.717, 1.165) is 5.56 Å². The van der Waals surface area contributed by atoms with E-state index in [1.54, 1.807) is 44.9 Å². The van der Waals surface area contributed by atoms with Crippen molar-refractivity contribution in [2.75, 3.05) is 19.5 Å². The van der Waals surface area contributed by atoms with Gasteiger partial charge in [-0.25, -0.2) is 4.98 Å². The van der Waals surface area contributed by atoms with Crippen LogP contribution in [0.1, 0.15) is 15.9 Å². The van der Waals surface area contributed by atoms with Crippen LogP contribution < -0.4 is 15.4 Å². The van der Waals surface area contributed by atoms with E-state index in [0.29, 0.717) is 23.7 Å². The molecule has 1 amide bonds. The maximum atomic E-state index is 12.1. The van der Waals surface area contributed by atoms with Crippen molar-refractivity contribution in [3.8, 4) is 5.88 Å². The highest BCUT2D eigenvalue weighted by Crippen LogP contribution is 2.12. The van der Waals surface area contributed by atoms with Gasteiger partial charge >= 0.3 is 0 Å². The summed E-state index contributed by atoms with van der Waals surface area (Å²) in [5.74, 6) is 0.388. The van der Waals surface area contributed by atoms with E-state index in [9.17, 15) is 4.79 Å². The molecule has 0 aliphatic rings. The molecule has 2 rings (SSSR count). The summed E-state index contributed by atoms with van der Waals surface area (Å²) in [5, 5.41) is 5.78. The van der Waals surface area contributed by atoms with Crippen molar-refractivity contribution < 1.29 is 9.53 Å². The van der Waals surface area contributed by atoms with Crippen molar-refractivity contribution in [2.45, 2.75) is 6.54 Å². The third kappa shape index (κ3) is 3.23. The molecule has 104 valence electrons. The smallest absolute Gasteiger partial charge is 0.253 e. The highest BCUT2D eigenvalue weighted by atomic mass is 16.5. The number of methoxy groups -OCH3 is 1. The normalized spacial score (nSPS) is 9.90. The Morgan fingerprint density at radius 2 is 2.15 bits per heavy atom. The predicted octanol–water partition coefficient (Wildman–Crippen LogP) is 1.46. The standard InChI is InChI=1S/C14H16N4O2/c1-15-12-9-16-6-5-11(12)14(19)18-8-10-3-4-13(20-2)17-7-10/h3-7,9,15H,8H2,1-2H3,(H,18,19). The second kappa shape index (κ2) is 6.51. The lowest BCUT2D eigenvalue weighted by atomic mass is 10.2. The van der Waals surface area contributed by atoms with E-state index < -0.39 is 0 Å². The van der Waals surface area contributed by atoms with Crippen LogP contribution in [0, 0.1) is 0 Å². The SMILES string of the molecule is CNc1cnccc1C(=O)NCc1ccc(OC)nc1. The Morgan fingerprint density at radius 1 is 1.30 bits per heavy atom. The summed E-state index contributed by atoms with van der Waals surface area (Å²) in [7, 11) is 3.31. The van der Waals surface area contributed by atoms with Gasteiger partial charge in [-0.2, -0.15) is 0 Å². The quantitative estimate of drug-likeness (QED) is 0.861. The van der Waals surface area contributed by atoms with Gasteiger partial charge in [-0.3, -0.25) is 9.78 Å². The zero-order chi connectivity index (χ0) is 14.4. The van der Waals surface area contributed by atoms with Crippen LogP contribution in [0.3, 0.4) is 0 Å². The number of hydrogen-bond donors (Lipinski definition) is 2. The molecule has 0 fully saturated rings. The third-order valence-electron chi connectivity index (χ3n) is 2.79. The van der Waals surface area contributed by atoms with Crippen molar-refractivity contribution in [3.63, 3.8) is 0 Å². The number of amides is 1. The zero-order valence-corrected chi connectivity index (χ0v) is 11.4. The molecule has 2 aromatic heterocycles. The monoisotopic (exact) mass is 272 g/mol.